The molecule has 0 spiro atoms. The van der Waals surface area contributed by atoms with Gasteiger partial charge in [0.15, 0.2) is 0 Å². The van der Waals surface area contributed by atoms with Crippen LogP contribution in [0.4, 0.5) is 5.69 Å². The molecule has 2 heterocycles. The second-order valence-electron chi connectivity index (χ2n) is 6.54. The summed E-state index contributed by atoms with van der Waals surface area (Å²) >= 11 is 0. The summed E-state index contributed by atoms with van der Waals surface area (Å²) in [4.78, 5) is 4.61. The van der Waals surface area contributed by atoms with E-state index in [9.17, 15) is 8.42 Å². The normalized spacial score (nSPS) is 23.2. The molecule has 1 unspecified atom stereocenters. The number of sulfonamides is 1. The Hall–Kier alpha value is -1.92. The maximum absolute atomic E-state index is 12.9. The number of nitrogens with zero attached hydrogens (tertiary/aromatic N) is 1. The van der Waals surface area contributed by atoms with Crippen LogP contribution < -0.4 is 10.0 Å². The largest absolute Gasteiger partial charge is 0.368 e. The SMILES string of the molecule is O=S1(=O)NC(C2CCCCC2)Nc2cccc(-c3ccccn3)c21. The number of rotatable bonds is 2. The lowest BCUT2D eigenvalue weighted by atomic mass is 9.87. The third kappa shape index (κ3) is 2.80. The van der Waals surface area contributed by atoms with Gasteiger partial charge < -0.3 is 5.32 Å². The fraction of sp³-hybridized carbons (Fsp3) is 0.389. The van der Waals surface area contributed by atoms with E-state index in [1.807, 2.05) is 36.4 Å². The number of pyridine rings is 1. The summed E-state index contributed by atoms with van der Waals surface area (Å²) in [7, 11) is -3.57. The molecule has 1 aliphatic heterocycles. The number of nitrogens with one attached hydrogen (secondary N) is 2. The predicted molar refractivity (Wildman–Crippen MR) is 94.0 cm³/mol. The zero-order chi connectivity index (χ0) is 16.6. The molecule has 2 N–H and O–H groups in total. The maximum atomic E-state index is 12.9. The average Bonchev–Trinajstić information content (AvgIpc) is 2.62. The Bertz CT molecular complexity index is 831. The van der Waals surface area contributed by atoms with E-state index >= 15 is 0 Å². The summed E-state index contributed by atoms with van der Waals surface area (Å²) in [6, 6.07) is 11.1. The molecule has 0 saturated heterocycles. The number of aromatic nitrogens is 1. The molecule has 6 heteroatoms. The van der Waals surface area contributed by atoms with Gasteiger partial charge in [-0.1, -0.05) is 37.5 Å². The molecule has 1 aromatic heterocycles. The Kier molecular flexibility index (Phi) is 4.02. The first-order valence-corrected chi connectivity index (χ1v) is 9.97. The molecule has 4 rings (SSSR count). The third-order valence-electron chi connectivity index (χ3n) is 4.94. The highest BCUT2D eigenvalue weighted by atomic mass is 32.2. The predicted octanol–water partition coefficient (Wildman–Crippen LogP) is 3.36. The summed E-state index contributed by atoms with van der Waals surface area (Å²) in [6.07, 6.45) is 7.18. The van der Waals surface area contributed by atoms with E-state index in [1.54, 1.807) is 6.20 Å². The zero-order valence-electron chi connectivity index (χ0n) is 13.4. The quantitative estimate of drug-likeness (QED) is 0.877. The van der Waals surface area contributed by atoms with Crippen LogP contribution in [0.3, 0.4) is 0 Å². The number of benzene rings is 1. The molecular formula is C18H21N3O2S. The first-order valence-electron chi connectivity index (χ1n) is 8.48. The van der Waals surface area contributed by atoms with Gasteiger partial charge in [-0.2, -0.15) is 4.72 Å². The van der Waals surface area contributed by atoms with Gasteiger partial charge in [-0.3, -0.25) is 4.98 Å². The molecule has 24 heavy (non-hydrogen) atoms. The molecule has 1 aromatic carbocycles. The molecule has 0 bridgehead atoms. The maximum Gasteiger partial charge on any atom is 0.245 e. The van der Waals surface area contributed by atoms with Crippen molar-refractivity contribution in [2.45, 2.75) is 43.2 Å². The first-order chi connectivity index (χ1) is 11.6. The van der Waals surface area contributed by atoms with E-state index in [4.69, 9.17) is 0 Å². The lowest BCUT2D eigenvalue weighted by Crippen LogP contribution is -2.49. The lowest BCUT2D eigenvalue weighted by Gasteiger charge is -2.36. The minimum absolute atomic E-state index is 0.221. The van der Waals surface area contributed by atoms with Gasteiger partial charge >= 0.3 is 0 Å². The van der Waals surface area contributed by atoms with E-state index in [1.165, 1.54) is 19.3 Å². The van der Waals surface area contributed by atoms with Crippen LogP contribution in [0.15, 0.2) is 47.5 Å². The molecule has 1 atom stereocenters. The van der Waals surface area contributed by atoms with E-state index in [0.717, 1.165) is 12.8 Å². The minimum Gasteiger partial charge on any atom is -0.368 e. The van der Waals surface area contributed by atoms with Gasteiger partial charge in [0.05, 0.1) is 17.5 Å². The molecule has 1 aliphatic carbocycles. The van der Waals surface area contributed by atoms with Crippen LogP contribution in [0.2, 0.25) is 0 Å². The van der Waals surface area contributed by atoms with Crippen LogP contribution in [-0.4, -0.2) is 19.6 Å². The smallest absolute Gasteiger partial charge is 0.245 e. The summed E-state index contributed by atoms with van der Waals surface area (Å²) in [5, 5.41) is 3.41. The molecule has 2 aromatic rings. The van der Waals surface area contributed by atoms with Crippen LogP contribution in [0.5, 0.6) is 0 Å². The van der Waals surface area contributed by atoms with Crippen LogP contribution in [0.1, 0.15) is 32.1 Å². The van der Waals surface area contributed by atoms with Crippen molar-refractivity contribution in [1.29, 1.82) is 0 Å². The highest BCUT2D eigenvalue weighted by Gasteiger charge is 2.36. The van der Waals surface area contributed by atoms with Crippen molar-refractivity contribution in [3.8, 4) is 11.3 Å². The van der Waals surface area contributed by atoms with Crippen LogP contribution in [0.25, 0.3) is 11.3 Å². The van der Waals surface area contributed by atoms with E-state index in [-0.39, 0.29) is 6.17 Å². The highest BCUT2D eigenvalue weighted by Crippen LogP contribution is 2.37. The Morgan fingerprint density at radius 2 is 1.83 bits per heavy atom. The van der Waals surface area contributed by atoms with Crippen LogP contribution >= 0.6 is 0 Å². The van der Waals surface area contributed by atoms with Gasteiger partial charge in [0.1, 0.15) is 4.90 Å². The molecular weight excluding hydrogens is 322 g/mol. The molecule has 5 nitrogen and oxygen atoms in total. The van der Waals surface area contributed by atoms with Gasteiger partial charge in [-0.15, -0.1) is 0 Å². The Morgan fingerprint density at radius 1 is 1.00 bits per heavy atom. The van der Waals surface area contributed by atoms with E-state index in [2.05, 4.69) is 15.0 Å². The Balaban J connectivity index is 1.76. The minimum atomic E-state index is -3.57. The van der Waals surface area contributed by atoms with E-state index < -0.39 is 10.0 Å². The van der Waals surface area contributed by atoms with Gasteiger partial charge in [0, 0.05) is 11.8 Å². The van der Waals surface area contributed by atoms with Gasteiger partial charge in [0.2, 0.25) is 10.0 Å². The summed E-state index contributed by atoms with van der Waals surface area (Å²) < 4.78 is 28.7. The Labute approximate surface area is 142 Å². The Morgan fingerprint density at radius 3 is 2.58 bits per heavy atom. The summed E-state index contributed by atoms with van der Waals surface area (Å²) in [5.74, 6) is 0.347. The molecule has 0 radical (unpaired) electrons. The fourth-order valence-electron chi connectivity index (χ4n) is 3.77. The topological polar surface area (TPSA) is 71.1 Å². The number of hydrogen-bond donors (Lipinski definition) is 2. The van der Waals surface area contributed by atoms with Crippen molar-refractivity contribution < 1.29 is 8.42 Å². The molecule has 126 valence electrons. The van der Waals surface area contributed by atoms with Crippen molar-refractivity contribution in [1.82, 2.24) is 9.71 Å². The second kappa shape index (κ2) is 6.18. The number of anilines is 1. The molecule has 0 amide bonds. The van der Waals surface area contributed by atoms with Crippen molar-refractivity contribution in [3.05, 3.63) is 42.6 Å². The lowest BCUT2D eigenvalue weighted by molar-refractivity contribution is 0.306. The van der Waals surface area contributed by atoms with Gasteiger partial charge in [0.25, 0.3) is 0 Å². The second-order valence-corrected chi connectivity index (χ2v) is 8.19. The van der Waals surface area contributed by atoms with Crippen molar-refractivity contribution in [2.24, 2.45) is 5.92 Å². The van der Waals surface area contributed by atoms with Crippen molar-refractivity contribution in [2.75, 3.05) is 5.32 Å². The molecule has 1 saturated carbocycles. The highest BCUT2D eigenvalue weighted by molar-refractivity contribution is 7.90. The van der Waals surface area contributed by atoms with Crippen LogP contribution in [0, 0.1) is 5.92 Å². The summed E-state index contributed by atoms with van der Waals surface area (Å²) in [6.45, 7) is 0. The average molecular weight is 343 g/mol. The number of hydrogen-bond acceptors (Lipinski definition) is 4. The zero-order valence-corrected chi connectivity index (χ0v) is 14.2. The van der Waals surface area contributed by atoms with Crippen LogP contribution in [-0.2, 0) is 10.0 Å². The first kappa shape index (κ1) is 15.6. The standard InChI is InChI=1S/C18H21N3O2S/c22-24(23)17-14(15-10-4-5-12-19-15)9-6-11-16(17)20-18(21-24)13-7-2-1-3-8-13/h4-6,9-13,18,20-21H,1-3,7-8H2. The third-order valence-corrected chi connectivity index (χ3v) is 6.48. The fourth-order valence-corrected chi connectivity index (χ4v) is 5.35. The monoisotopic (exact) mass is 343 g/mol. The van der Waals surface area contributed by atoms with Crippen molar-refractivity contribution >= 4 is 15.7 Å². The van der Waals surface area contributed by atoms with Gasteiger partial charge in [-0.25, -0.2) is 8.42 Å². The van der Waals surface area contributed by atoms with Gasteiger partial charge in [-0.05, 0) is 37.0 Å². The molecule has 1 fully saturated rings. The summed E-state index contributed by atoms with van der Waals surface area (Å²) in [5.41, 5.74) is 1.97. The number of fused-ring (bicyclic) bond motifs is 1. The molecule has 2 aliphatic rings. The van der Waals surface area contributed by atoms with Crippen molar-refractivity contribution in [3.63, 3.8) is 0 Å². The van der Waals surface area contributed by atoms with E-state index in [0.29, 0.717) is 27.8 Å².